The molecule has 0 aliphatic heterocycles. The van der Waals surface area contributed by atoms with Gasteiger partial charge in [-0.25, -0.2) is 4.98 Å². The third-order valence-corrected chi connectivity index (χ3v) is 3.67. The molecule has 3 rings (SSSR count). The van der Waals surface area contributed by atoms with Gasteiger partial charge in [0.25, 0.3) is 5.91 Å². The summed E-state index contributed by atoms with van der Waals surface area (Å²) in [4.78, 5) is 16.2. The van der Waals surface area contributed by atoms with Crippen molar-refractivity contribution >= 4 is 5.91 Å². The van der Waals surface area contributed by atoms with Crippen molar-refractivity contribution in [2.45, 2.75) is 45.1 Å². The minimum Gasteiger partial charge on any atom is -0.491 e. The predicted octanol–water partition coefficient (Wildman–Crippen LogP) is 3.31. The molecule has 1 heterocycles. The van der Waals surface area contributed by atoms with Crippen molar-refractivity contribution < 1.29 is 13.9 Å². The first-order chi connectivity index (χ1) is 11.1. The van der Waals surface area contributed by atoms with Crippen LogP contribution in [0.5, 0.6) is 5.75 Å². The average molecular weight is 314 g/mol. The SMILES string of the molecule is CC(C)Oc1ccc(CCNC(=O)c2cnc(C3CC3)o2)cc1. The Labute approximate surface area is 136 Å². The Bertz CT molecular complexity index is 657. The molecule has 1 amide bonds. The second kappa shape index (κ2) is 6.86. The Morgan fingerprint density at radius 2 is 2.09 bits per heavy atom. The molecule has 5 heteroatoms. The predicted molar refractivity (Wildman–Crippen MR) is 86.7 cm³/mol. The van der Waals surface area contributed by atoms with Gasteiger partial charge in [-0.15, -0.1) is 0 Å². The lowest BCUT2D eigenvalue weighted by Crippen LogP contribution is -2.25. The summed E-state index contributed by atoms with van der Waals surface area (Å²) < 4.78 is 11.1. The monoisotopic (exact) mass is 314 g/mol. The topological polar surface area (TPSA) is 64.4 Å². The van der Waals surface area contributed by atoms with Crippen molar-refractivity contribution in [1.82, 2.24) is 10.3 Å². The molecule has 23 heavy (non-hydrogen) atoms. The fourth-order valence-electron chi connectivity index (χ4n) is 2.33. The normalized spacial score (nSPS) is 14.0. The van der Waals surface area contributed by atoms with Gasteiger partial charge in [0.1, 0.15) is 5.75 Å². The highest BCUT2D eigenvalue weighted by atomic mass is 16.5. The molecule has 0 unspecified atom stereocenters. The Balaban J connectivity index is 1.45. The van der Waals surface area contributed by atoms with Gasteiger partial charge in [0.05, 0.1) is 12.3 Å². The summed E-state index contributed by atoms with van der Waals surface area (Å²) in [6.45, 7) is 4.56. The number of ether oxygens (including phenoxy) is 1. The highest BCUT2D eigenvalue weighted by Gasteiger charge is 2.29. The van der Waals surface area contributed by atoms with E-state index in [1.54, 1.807) is 0 Å². The van der Waals surface area contributed by atoms with E-state index in [2.05, 4.69) is 10.3 Å². The lowest BCUT2D eigenvalue weighted by Gasteiger charge is -2.10. The van der Waals surface area contributed by atoms with Gasteiger partial charge >= 0.3 is 0 Å². The minimum atomic E-state index is -0.204. The van der Waals surface area contributed by atoms with Crippen molar-refractivity contribution in [3.05, 3.63) is 47.7 Å². The van der Waals surface area contributed by atoms with E-state index in [4.69, 9.17) is 9.15 Å². The van der Waals surface area contributed by atoms with Crippen LogP contribution in [-0.2, 0) is 6.42 Å². The first-order valence-electron chi connectivity index (χ1n) is 8.11. The van der Waals surface area contributed by atoms with E-state index in [-0.39, 0.29) is 12.0 Å². The molecule has 1 aromatic carbocycles. The first kappa shape index (κ1) is 15.6. The van der Waals surface area contributed by atoms with E-state index in [9.17, 15) is 4.79 Å². The van der Waals surface area contributed by atoms with Gasteiger partial charge in [-0.1, -0.05) is 12.1 Å². The van der Waals surface area contributed by atoms with Crippen molar-refractivity contribution in [2.24, 2.45) is 0 Å². The largest absolute Gasteiger partial charge is 0.491 e. The maximum atomic E-state index is 12.0. The third kappa shape index (κ3) is 4.34. The second-order valence-electron chi connectivity index (χ2n) is 6.15. The van der Waals surface area contributed by atoms with Crippen LogP contribution in [0.3, 0.4) is 0 Å². The number of nitrogens with one attached hydrogen (secondary N) is 1. The highest BCUT2D eigenvalue weighted by Crippen LogP contribution is 2.39. The first-order valence-corrected chi connectivity index (χ1v) is 8.11. The molecule has 1 aliphatic carbocycles. The number of benzene rings is 1. The number of carbonyl (C=O) groups is 1. The summed E-state index contributed by atoms with van der Waals surface area (Å²) in [7, 11) is 0. The Morgan fingerprint density at radius 3 is 2.74 bits per heavy atom. The smallest absolute Gasteiger partial charge is 0.288 e. The van der Waals surface area contributed by atoms with Crippen LogP contribution in [0.25, 0.3) is 0 Å². The molecule has 122 valence electrons. The summed E-state index contributed by atoms with van der Waals surface area (Å²) in [5, 5.41) is 2.86. The molecule has 1 aromatic heterocycles. The second-order valence-corrected chi connectivity index (χ2v) is 6.15. The van der Waals surface area contributed by atoms with Crippen LogP contribution in [0.4, 0.5) is 0 Å². The molecule has 0 saturated heterocycles. The summed E-state index contributed by atoms with van der Waals surface area (Å²) in [6, 6.07) is 7.94. The molecule has 1 saturated carbocycles. The number of amides is 1. The molecule has 0 atom stereocenters. The number of aromatic nitrogens is 1. The summed E-state index contributed by atoms with van der Waals surface area (Å²) in [5.74, 6) is 2.07. The van der Waals surface area contributed by atoms with Crippen LogP contribution in [0, 0.1) is 0 Å². The highest BCUT2D eigenvalue weighted by molar-refractivity contribution is 5.91. The Morgan fingerprint density at radius 1 is 1.35 bits per heavy atom. The molecule has 1 fully saturated rings. The van der Waals surface area contributed by atoms with Crippen LogP contribution in [0.1, 0.15) is 54.6 Å². The van der Waals surface area contributed by atoms with Crippen molar-refractivity contribution in [3.8, 4) is 5.75 Å². The number of carbonyl (C=O) groups excluding carboxylic acids is 1. The Kier molecular flexibility index (Phi) is 4.65. The zero-order chi connectivity index (χ0) is 16.2. The minimum absolute atomic E-state index is 0.169. The molecular formula is C18H22N2O3. The number of rotatable bonds is 7. The van der Waals surface area contributed by atoms with Crippen molar-refractivity contribution in [3.63, 3.8) is 0 Å². The van der Waals surface area contributed by atoms with E-state index in [1.165, 1.54) is 6.20 Å². The van der Waals surface area contributed by atoms with Gasteiger partial charge in [0, 0.05) is 12.5 Å². The third-order valence-electron chi connectivity index (χ3n) is 3.67. The molecule has 0 radical (unpaired) electrons. The zero-order valence-electron chi connectivity index (χ0n) is 13.5. The van der Waals surface area contributed by atoms with Crippen LogP contribution in [-0.4, -0.2) is 23.5 Å². The number of hydrogen-bond acceptors (Lipinski definition) is 4. The van der Waals surface area contributed by atoms with Crippen molar-refractivity contribution in [2.75, 3.05) is 6.54 Å². The molecule has 5 nitrogen and oxygen atoms in total. The van der Waals surface area contributed by atoms with E-state index >= 15 is 0 Å². The molecule has 1 N–H and O–H groups in total. The number of hydrogen-bond donors (Lipinski definition) is 1. The molecule has 0 bridgehead atoms. The summed E-state index contributed by atoms with van der Waals surface area (Å²) >= 11 is 0. The molecule has 1 aliphatic rings. The Hall–Kier alpha value is -2.30. The van der Waals surface area contributed by atoms with E-state index < -0.39 is 0 Å². The lowest BCUT2D eigenvalue weighted by atomic mass is 10.1. The number of oxazole rings is 1. The van der Waals surface area contributed by atoms with Crippen molar-refractivity contribution in [1.29, 1.82) is 0 Å². The van der Waals surface area contributed by atoms with Crippen LogP contribution in [0.2, 0.25) is 0 Å². The molecule has 2 aromatic rings. The van der Waals surface area contributed by atoms with Crippen LogP contribution >= 0.6 is 0 Å². The molecular weight excluding hydrogens is 292 g/mol. The maximum absolute atomic E-state index is 12.0. The van der Waals surface area contributed by atoms with Gasteiger partial charge in [0.15, 0.2) is 5.89 Å². The summed E-state index contributed by atoms with van der Waals surface area (Å²) in [5.41, 5.74) is 1.15. The van der Waals surface area contributed by atoms with Gasteiger partial charge < -0.3 is 14.5 Å². The lowest BCUT2D eigenvalue weighted by molar-refractivity contribution is 0.0924. The van der Waals surface area contributed by atoms with E-state index in [0.717, 1.165) is 30.6 Å². The van der Waals surface area contributed by atoms with Gasteiger partial charge in [-0.2, -0.15) is 0 Å². The molecule has 0 spiro atoms. The van der Waals surface area contributed by atoms with Gasteiger partial charge in [-0.05, 0) is 50.8 Å². The van der Waals surface area contributed by atoms with Crippen LogP contribution < -0.4 is 10.1 Å². The fraction of sp³-hybridized carbons (Fsp3) is 0.444. The standard InChI is InChI=1S/C18H22N2O3/c1-12(2)22-15-7-3-13(4-8-15)9-10-19-17(21)16-11-20-18(23-16)14-5-6-14/h3-4,7-8,11-12,14H,5-6,9-10H2,1-2H3,(H,19,21). The quantitative estimate of drug-likeness (QED) is 0.851. The summed E-state index contributed by atoms with van der Waals surface area (Å²) in [6.07, 6.45) is 4.66. The average Bonchev–Trinajstić information content (AvgIpc) is 3.25. The van der Waals surface area contributed by atoms with E-state index in [0.29, 0.717) is 24.1 Å². The van der Waals surface area contributed by atoms with Gasteiger partial charge in [-0.3, -0.25) is 4.79 Å². The van der Waals surface area contributed by atoms with E-state index in [1.807, 2.05) is 38.1 Å². The maximum Gasteiger partial charge on any atom is 0.288 e. The number of nitrogens with zero attached hydrogens (tertiary/aromatic N) is 1. The van der Waals surface area contributed by atoms with Gasteiger partial charge in [0.2, 0.25) is 5.76 Å². The zero-order valence-corrected chi connectivity index (χ0v) is 13.5. The van der Waals surface area contributed by atoms with Crippen LogP contribution in [0.15, 0.2) is 34.9 Å². The fourth-order valence-corrected chi connectivity index (χ4v) is 2.33.